The van der Waals surface area contributed by atoms with E-state index in [2.05, 4.69) is 26.0 Å². The Bertz CT molecular complexity index is 175. The summed E-state index contributed by atoms with van der Waals surface area (Å²) in [5.74, 6) is 0.435. The van der Waals surface area contributed by atoms with Crippen molar-refractivity contribution in [1.29, 1.82) is 0 Å². The van der Waals surface area contributed by atoms with Crippen LogP contribution in [0.2, 0.25) is 0 Å². The zero-order valence-electron chi connectivity index (χ0n) is 7.39. The van der Waals surface area contributed by atoms with Crippen molar-refractivity contribution in [2.45, 2.75) is 39.5 Å². The lowest BCUT2D eigenvalue weighted by atomic mass is 9.74. The average molecular weight is 152 g/mol. The fraction of sp³-hybridized carbons (Fsp3) is 0.700. The van der Waals surface area contributed by atoms with E-state index < -0.39 is 0 Å². The Morgan fingerprint density at radius 3 is 2.45 bits per heavy atom. The number of rotatable bonds is 2. The predicted octanol–water partition coefficient (Wildman–Crippen LogP) is 2.71. The molecule has 0 aromatic heterocycles. The van der Waals surface area contributed by atoms with Crippen LogP contribution in [0.4, 0.5) is 0 Å². The standard InChI is InChI=1S/C10H16O/c1-3-10(4-2)8-6-5-7-9(10)11/h6,8H,3-5,7H2,1-2H3. The summed E-state index contributed by atoms with van der Waals surface area (Å²) in [5, 5.41) is 0. The molecule has 1 rings (SSSR count). The fourth-order valence-corrected chi connectivity index (χ4v) is 1.75. The van der Waals surface area contributed by atoms with Crippen LogP contribution in [0.5, 0.6) is 0 Å². The van der Waals surface area contributed by atoms with Gasteiger partial charge in [0.25, 0.3) is 0 Å². The second-order valence-electron chi connectivity index (χ2n) is 3.23. The Morgan fingerprint density at radius 1 is 1.45 bits per heavy atom. The smallest absolute Gasteiger partial charge is 0.143 e. The van der Waals surface area contributed by atoms with Crippen LogP contribution in [0, 0.1) is 5.41 Å². The fourth-order valence-electron chi connectivity index (χ4n) is 1.75. The van der Waals surface area contributed by atoms with E-state index in [1.165, 1.54) is 0 Å². The minimum absolute atomic E-state index is 0.0990. The van der Waals surface area contributed by atoms with Gasteiger partial charge in [-0.25, -0.2) is 0 Å². The third kappa shape index (κ3) is 1.37. The number of hydrogen-bond donors (Lipinski definition) is 0. The average Bonchev–Trinajstić information content (AvgIpc) is 2.06. The zero-order valence-corrected chi connectivity index (χ0v) is 7.39. The van der Waals surface area contributed by atoms with Crippen molar-refractivity contribution in [3.8, 4) is 0 Å². The van der Waals surface area contributed by atoms with Gasteiger partial charge >= 0.3 is 0 Å². The molecule has 0 saturated carbocycles. The molecule has 11 heavy (non-hydrogen) atoms. The molecule has 0 aromatic rings. The van der Waals surface area contributed by atoms with Gasteiger partial charge in [-0.05, 0) is 19.3 Å². The van der Waals surface area contributed by atoms with Crippen molar-refractivity contribution in [2.24, 2.45) is 5.41 Å². The van der Waals surface area contributed by atoms with E-state index in [-0.39, 0.29) is 5.41 Å². The molecule has 1 aliphatic rings. The molecule has 1 aliphatic carbocycles. The van der Waals surface area contributed by atoms with Crippen LogP contribution in [-0.4, -0.2) is 5.78 Å². The minimum atomic E-state index is -0.0990. The molecule has 1 nitrogen and oxygen atoms in total. The minimum Gasteiger partial charge on any atom is -0.299 e. The SMILES string of the molecule is CCC1(CC)C=CCCC1=O. The highest BCUT2D eigenvalue weighted by Gasteiger charge is 2.32. The van der Waals surface area contributed by atoms with Gasteiger partial charge in [-0.1, -0.05) is 26.0 Å². The maximum Gasteiger partial charge on any atom is 0.143 e. The zero-order chi connectivity index (χ0) is 8.32. The molecule has 0 N–H and O–H groups in total. The van der Waals surface area contributed by atoms with Gasteiger partial charge in [-0.2, -0.15) is 0 Å². The van der Waals surface area contributed by atoms with Crippen LogP contribution in [0.3, 0.4) is 0 Å². The molecule has 0 saturated heterocycles. The van der Waals surface area contributed by atoms with Crippen LogP contribution in [0.25, 0.3) is 0 Å². The van der Waals surface area contributed by atoms with Gasteiger partial charge in [-0.3, -0.25) is 4.79 Å². The summed E-state index contributed by atoms with van der Waals surface area (Å²) in [7, 11) is 0. The lowest BCUT2D eigenvalue weighted by Gasteiger charge is -2.28. The third-order valence-corrected chi connectivity index (χ3v) is 2.79. The maximum atomic E-state index is 11.5. The van der Waals surface area contributed by atoms with Gasteiger partial charge < -0.3 is 0 Å². The van der Waals surface area contributed by atoms with Crippen LogP contribution < -0.4 is 0 Å². The summed E-state index contributed by atoms with van der Waals surface area (Å²) in [6, 6.07) is 0. The first-order valence-electron chi connectivity index (χ1n) is 4.46. The maximum absolute atomic E-state index is 11.5. The Balaban J connectivity index is 2.86. The number of Topliss-reactive ketones (excluding diaryl/α,β-unsaturated/α-hetero) is 1. The summed E-state index contributed by atoms with van der Waals surface area (Å²) in [4.78, 5) is 11.5. The lowest BCUT2D eigenvalue weighted by molar-refractivity contribution is -0.127. The monoisotopic (exact) mass is 152 g/mol. The number of carbonyl (C=O) groups excluding carboxylic acids is 1. The molecule has 0 radical (unpaired) electrons. The largest absolute Gasteiger partial charge is 0.299 e. The molecule has 0 aliphatic heterocycles. The molecular weight excluding hydrogens is 136 g/mol. The van der Waals surface area contributed by atoms with Gasteiger partial charge in [0.1, 0.15) is 5.78 Å². The topological polar surface area (TPSA) is 17.1 Å². The highest BCUT2D eigenvalue weighted by atomic mass is 16.1. The van der Waals surface area contributed by atoms with E-state index in [0.29, 0.717) is 5.78 Å². The Labute approximate surface area is 68.5 Å². The summed E-state index contributed by atoms with van der Waals surface area (Å²) in [6.07, 6.45) is 7.86. The van der Waals surface area contributed by atoms with E-state index in [1.54, 1.807) is 0 Å². The van der Waals surface area contributed by atoms with E-state index >= 15 is 0 Å². The molecule has 0 heterocycles. The van der Waals surface area contributed by atoms with Crippen LogP contribution in [0.1, 0.15) is 39.5 Å². The number of hydrogen-bond acceptors (Lipinski definition) is 1. The van der Waals surface area contributed by atoms with Crippen molar-refractivity contribution >= 4 is 5.78 Å². The Kier molecular flexibility index (Phi) is 2.48. The molecule has 0 bridgehead atoms. The van der Waals surface area contributed by atoms with Gasteiger partial charge in [0, 0.05) is 11.8 Å². The summed E-state index contributed by atoms with van der Waals surface area (Å²) < 4.78 is 0. The first kappa shape index (κ1) is 8.51. The van der Waals surface area contributed by atoms with E-state index in [4.69, 9.17) is 0 Å². The van der Waals surface area contributed by atoms with E-state index in [0.717, 1.165) is 25.7 Å². The summed E-state index contributed by atoms with van der Waals surface area (Å²) >= 11 is 0. The molecule has 0 fully saturated rings. The van der Waals surface area contributed by atoms with Gasteiger partial charge in [0.05, 0.1) is 0 Å². The molecule has 62 valence electrons. The van der Waals surface area contributed by atoms with Crippen molar-refractivity contribution < 1.29 is 4.79 Å². The second kappa shape index (κ2) is 3.21. The molecule has 0 unspecified atom stereocenters. The normalized spacial score (nSPS) is 22.2. The molecule has 0 atom stereocenters. The highest BCUT2D eigenvalue weighted by Crippen LogP contribution is 2.34. The Morgan fingerprint density at radius 2 is 2.09 bits per heavy atom. The van der Waals surface area contributed by atoms with Gasteiger partial charge in [0.2, 0.25) is 0 Å². The highest BCUT2D eigenvalue weighted by molar-refractivity contribution is 5.87. The quantitative estimate of drug-likeness (QED) is 0.556. The van der Waals surface area contributed by atoms with Crippen LogP contribution in [-0.2, 0) is 4.79 Å². The van der Waals surface area contributed by atoms with Gasteiger partial charge in [-0.15, -0.1) is 0 Å². The van der Waals surface area contributed by atoms with E-state index in [1.807, 2.05) is 0 Å². The van der Waals surface area contributed by atoms with Crippen molar-refractivity contribution in [3.63, 3.8) is 0 Å². The molecule has 1 heteroatoms. The van der Waals surface area contributed by atoms with Crippen LogP contribution in [0.15, 0.2) is 12.2 Å². The predicted molar refractivity (Wildman–Crippen MR) is 46.4 cm³/mol. The molecule has 0 spiro atoms. The summed E-state index contributed by atoms with van der Waals surface area (Å²) in [5.41, 5.74) is -0.0990. The van der Waals surface area contributed by atoms with Crippen molar-refractivity contribution in [3.05, 3.63) is 12.2 Å². The van der Waals surface area contributed by atoms with E-state index in [9.17, 15) is 4.79 Å². The number of allylic oxidation sites excluding steroid dienone is 2. The first-order valence-corrected chi connectivity index (χ1v) is 4.46. The first-order chi connectivity index (χ1) is 5.25. The lowest BCUT2D eigenvalue weighted by Crippen LogP contribution is -2.29. The molecule has 0 aromatic carbocycles. The van der Waals surface area contributed by atoms with Gasteiger partial charge in [0.15, 0.2) is 0 Å². The van der Waals surface area contributed by atoms with Crippen molar-refractivity contribution in [2.75, 3.05) is 0 Å². The van der Waals surface area contributed by atoms with Crippen LogP contribution >= 0.6 is 0 Å². The number of carbonyl (C=O) groups is 1. The molecular formula is C10H16O. The summed E-state index contributed by atoms with van der Waals surface area (Å²) in [6.45, 7) is 4.19. The Hall–Kier alpha value is -0.590. The van der Waals surface area contributed by atoms with Crippen molar-refractivity contribution in [1.82, 2.24) is 0 Å². The second-order valence-corrected chi connectivity index (χ2v) is 3.23. The molecule has 0 amide bonds. The number of ketones is 1. The third-order valence-electron chi connectivity index (χ3n) is 2.79.